The van der Waals surface area contributed by atoms with E-state index in [2.05, 4.69) is 33.9 Å². The van der Waals surface area contributed by atoms with Crippen LogP contribution >= 0.6 is 0 Å². The number of aromatic nitrogens is 3. The van der Waals surface area contributed by atoms with Crippen molar-refractivity contribution >= 4 is 11.8 Å². The summed E-state index contributed by atoms with van der Waals surface area (Å²) < 4.78 is 2.14. The fourth-order valence-electron chi connectivity index (χ4n) is 4.85. The molecule has 0 spiro atoms. The largest absolute Gasteiger partial charge is 0.345 e. The molecule has 0 saturated heterocycles. The normalized spacial score (nSPS) is 18.7. The zero-order valence-electron chi connectivity index (χ0n) is 19.8. The van der Waals surface area contributed by atoms with E-state index in [-0.39, 0.29) is 17.9 Å². The van der Waals surface area contributed by atoms with Crippen LogP contribution in [-0.2, 0) is 22.6 Å². The summed E-state index contributed by atoms with van der Waals surface area (Å²) in [6.07, 6.45) is 8.43. The van der Waals surface area contributed by atoms with Crippen molar-refractivity contribution in [3.8, 4) is 0 Å². The number of nitrogens with zero attached hydrogens (tertiary/aromatic N) is 5. The first-order chi connectivity index (χ1) is 14.8. The molecule has 8 nitrogen and oxygen atoms in total. The lowest BCUT2D eigenvalue weighted by atomic mass is 9.86. The van der Waals surface area contributed by atoms with E-state index in [1.165, 1.54) is 32.1 Å². The van der Waals surface area contributed by atoms with E-state index in [1.807, 2.05) is 23.9 Å². The standard InChI is InChI=1S/C23H40N6O2/c1-17(2)14-19(24-21(30)16-27(3)4)23-26-25-20-10-11-28(12-13-29(20)23)22(31)15-18-8-6-5-7-9-18/h17-19H,5-16H2,1-4H3,(H,24,30)/t19-/m0/s1. The molecule has 174 valence electrons. The highest BCUT2D eigenvalue weighted by atomic mass is 16.2. The molecule has 1 fully saturated rings. The Labute approximate surface area is 186 Å². The highest BCUT2D eigenvalue weighted by molar-refractivity contribution is 5.78. The van der Waals surface area contributed by atoms with Crippen molar-refractivity contribution in [1.82, 2.24) is 29.9 Å². The van der Waals surface area contributed by atoms with Gasteiger partial charge >= 0.3 is 0 Å². The molecule has 1 atom stereocenters. The number of nitrogens with one attached hydrogen (secondary N) is 1. The van der Waals surface area contributed by atoms with E-state index < -0.39 is 0 Å². The third-order valence-electron chi connectivity index (χ3n) is 6.41. The third-order valence-corrected chi connectivity index (χ3v) is 6.41. The molecule has 2 heterocycles. The lowest BCUT2D eigenvalue weighted by Crippen LogP contribution is -2.38. The summed E-state index contributed by atoms with van der Waals surface area (Å²) >= 11 is 0. The van der Waals surface area contributed by atoms with Crippen molar-refractivity contribution in [2.45, 2.75) is 77.8 Å². The zero-order chi connectivity index (χ0) is 22.4. The highest BCUT2D eigenvalue weighted by Gasteiger charge is 2.28. The van der Waals surface area contributed by atoms with Crippen LogP contribution in [0, 0.1) is 11.8 Å². The van der Waals surface area contributed by atoms with Crippen LogP contribution < -0.4 is 5.32 Å². The molecule has 0 bridgehead atoms. The predicted octanol–water partition coefficient (Wildman–Crippen LogP) is 2.40. The van der Waals surface area contributed by atoms with Crippen molar-refractivity contribution in [3.05, 3.63) is 11.6 Å². The molecule has 31 heavy (non-hydrogen) atoms. The van der Waals surface area contributed by atoms with Crippen molar-refractivity contribution < 1.29 is 9.59 Å². The smallest absolute Gasteiger partial charge is 0.234 e. The van der Waals surface area contributed by atoms with Crippen molar-refractivity contribution in [3.63, 3.8) is 0 Å². The van der Waals surface area contributed by atoms with E-state index in [0.29, 0.717) is 50.9 Å². The first-order valence-corrected chi connectivity index (χ1v) is 12.0. The Morgan fingerprint density at radius 3 is 2.52 bits per heavy atom. The van der Waals surface area contributed by atoms with Gasteiger partial charge in [0.15, 0.2) is 5.82 Å². The molecule has 1 aliphatic heterocycles. The second-order valence-electron chi connectivity index (χ2n) is 9.95. The molecule has 8 heteroatoms. The summed E-state index contributed by atoms with van der Waals surface area (Å²) in [7, 11) is 3.78. The third kappa shape index (κ3) is 6.76. The van der Waals surface area contributed by atoms with Gasteiger partial charge in [0.05, 0.1) is 12.6 Å². The average Bonchev–Trinajstić information content (AvgIpc) is 2.98. The summed E-state index contributed by atoms with van der Waals surface area (Å²) in [5.74, 6) is 2.98. The predicted molar refractivity (Wildman–Crippen MR) is 120 cm³/mol. The maximum atomic E-state index is 12.9. The van der Waals surface area contributed by atoms with Crippen molar-refractivity contribution in [1.29, 1.82) is 0 Å². The van der Waals surface area contributed by atoms with Gasteiger partial charge in [-0.05, 0) is 45.2 Å². The van der Waals surface area contributed by atoms with Gasteiger partial charge in [0.2, 0.25) is 11.8 Å². The van der Waals surface area contributed by atoms with Gasteiger partial charge in [-0.1, -0.05) is 33.1 Å². The summed E-state index contributed by atoms with van der Waals surface area (Å²) in [5.41, 5.74) is 0. The Bertz CT molecular complexity index is 738. The molecule has 1 aromatic rings. The highest BCUT2D eigenvalue weighted by Crippen LogP contribution is 2.27. The molecular weight excluding hydrogens is 392 g/mol. The van der Waals surface area contributed by atoms with Crippen LogP contribution in [0.3, 0.4) is 0 Å². The minimum Gasteiger partial charge on any atom is -0.345 e. The van der Waals surface area contributed by atoms with Gasteiger partial charge < -0.3 is 19.7 Å². The monoisotopic (exact) mass is 432 g/mol. The van der Waals surface area contributed by atoms with Crippen LogP contribution in [0.25, 0.3) is 0 Å². The Kier molecular flexibility index (Phi) is 8.46. The molecule has 1 saturated carbocycles. The molecule has 1 N–H and O–H groups in total. The fourth-order valence-corrected chi connectivity index (χ4v) is 4.85. The molecule has 0 aromatic carbocycles. The number of hydrogen-bond donors (Lipinski definition) is 1. The molecule has 1 aliphatic carbocycles. The summed E-state index contributed by atoms with van der Waals surface area (Å²) in [4.78, 5) is 29.2. The first-order valence-electron chi connectivity index (χ1n) is 12.0. The Balaban J connectivity index is 1.66. The van der Waals surface area contributed by atoms with Crippen LogP contribution in [0.4, 0.5) is 0 Å². The van der Waals surface area contributed by atoms with Gasteiger partial charge in [-0.2, -0.15) is 0 Å². The van der Waals surface area contributed by atoms with Crippen LogP contribution in [0.1, 0.15) is 76.5 Å². The topological polar surface area (TPSA) is 83.4 Å². The van der Waals surface area contributed by atoms with Crippen LogP contribution in [-0.4, -0.2) is 70.1 Å². The lowest BCUT2D eigenvalue weighted by molar-refractivity contribution is -0.132. The van der Waals surface area contributed by atoms with Gasteiger partial charge in [-0.15, -0.1) is 10.2 Å². The Hall–Kier alpha value is -1.96. The molecule has 1 aromatic heterocycles. The quantitative estimate of drug-likeness (QED) is 0.682. The van der Waals surface area contributed by atoms with Crippen LogP contribution in [0.2, 0.25) is 0 Å². The van der Waals surface area contributed by atoms with E-state index in [4.69, 9.17) is 0 Å². The van der Waals surface area contributed by atoms with Crippen molar-refractivity contribution in [2.75, 3.05) is 33.7 Å². The number of rotatable bonds is 8. The van der Waals surface area contributed by atoms with E-state index >= 15 is 0 Å². The number of likely N-dealkylation sites (N-methyl/N-ethyl adjacent to an activating group) is 1. The van der Waals surface area contributed by atoms with E-state index in [1.54, 1.807) is 0 Å². The molecule has 0 unspecified atom stereocenters. The lowest BCUT2D eigenvalue weighted by Gasteiger charge is -2.26. The minimum atomic E-state index is -0.168. The molecule has 0 radical (unpaired) electrons. The maximum absolute atomic E-state index is 12.9. The second-order valence-corrected chi connectivity index (χ2v) is 9.95. The molecule has 2 amide bonds. The number of carbonyl (C=O) groups is 2. The molecule has 2 aliphatic rings. The van der Waals surface area contributed by atoms with Gasteiger partial charge in [-0.3, -0.25) is 9.59 Å². The number of carbonyl (C=O) groups excluding carboxylic acids is 2. The average molecular weight is 433 g/mol. The maximum Gasteiger partial charge on any atom is 0.234 e. The SMILES string of the molecule is CC(C)C[C@H](NC(=O)CN(C)C)c1nnc2n1CCN(C(=O)CC1CCCCC1)CC2. The van der Waals surface area contributed by atoms with Crippen molar-refractivity contribution in [2.24, 2.45) is 11.8 Å². The molecule has 3 rings (SSSR count). The van der Waals surface area contributed by atoms with Crippen LogP contribution in [0.5, 0.6) is 0 Å². The first kappa shape index (κ1) is 23.7. The Morgan fingerprint density at radius 2 is 1.84 bits per heavy atom. The number of amides is 2. The minimum absolute atomic E-state index is 0.00842. The van der Waals surface area contributed by atoms with Gasteiger partial charge in [0.25, 0.3) is 0 Å². The number of fused-ring (bicyclic) bond motifs is 1. The summed E-state index contributed by atoms with van der Waals surface area (Å²) in [6, 6.07) is -0.168. The van der Waals surface area contributed by atoms with Crippen LogP contribution in [0.15, 0.2) is 0 Å². The Morgan fingerprint density at radius 1 is 1.10 bits per heavy atom. The van der Waals surface area contributed by atoms with Gasteiger partial charge in [0, 0.05) is 32.5 Å². The summed E-state index contributed by atoms with van der Waals surface area (Å²) in [6.45, 7) is 6.72. The number of hydrogen-bond acceptors (Lipinski definition) is 5. The second kappa shape index (κ2) is 11.1. The zero-order valence-corrected chi connectivity index (χ0v) is 19.8. The fraction of sp³-hybridized carbons (Fsp3) is 0.826. The van der Waals surface area contributed by atoms with E-state index in [0.717, 1.165) is 18.1 Å². The van der Waals surface area contributed by atoms with Gasteiger partial charge in [-0.25, -0.2) is 0 Å². The van der Waals surface area contributed by atoms with Gasteiger partial charge in [0.1, 0.15) is 5.82 Å². The van der Waals surface area contributed by atoms with E-state index in [9.17, 15) is 9.59 Å². The summed E-state index contributed by atoms with van der Waals surface area (Å²) in [5, 5.41) is 12.1. The molecular formula is C23H40N6O2.